The largest absolute Gasteiger partial charge is 0.278 e. The number of anilines is 1. The number of thiazole rings is 1. The Labute approximate surface area is 176 Å². The van der Waals surface area contributed by atoms with E-state index in [1.165, 1.54) is 11.3 Å². The van der Waals surface area contributed by atoms with Gasteiger partial charge in [0.05, 0.1) is 39.1 Å². The van der Waals surface area contributed by atoms with E-state index in [-0.39, 0.29) is 12.5 Å². The van der Waals surface area contributed by atoms with Gasteiger partial charge in [-0.1, -0.05) is 35.1 Å². The van der Waals surface area contributed by atoms with Gasteiger partial charge in [0.25, 0.3) is 5.91 Å². The van der Waals surface area contributed by atoms with Crippen LogP contribution >= 0.6 is 22.9 Å². The van der Waals surface area contributed by atoms with Crippen LogP contribution in [-0.4, -0.2) is 15.9 Å². The lowest BCUT2D eigenvalue weighted by molar-refractivity contribution is 0.0985. The number of benzene rings is 2. The molecule has 0 atom stereocenters. The summed E-state index contributed by atoms with van der Waals surface area (Å²) in [4.78, 5) is 24.0. The first kappa shape index (κ1) is 19.1. The maximum absolute atomic E-state index is 13.3. The van der Waals surface area contributed by atoms with E-state index in [0.29, 0.717) is 21.3 Å². The number of nitrogens with zero attached hydrogens (tertiary/aromatic N) is 4. The minimum atomic E-state index is -0.215. The number of carbonyl (C=O) groups is 1. The van der Waals surface area contributed by atoms with Crippen molar-refractivity contribution in [1.82, 2.24) is 9.97 Å². The molecule has 0 bridgehead atoms. The smallest absolute Gasteiger partial charge is 0.260 e. The number of aromatic nitrogens is 2. The molecule has 0 saturated heterocycles. The van der Waals surface area contributed by atoms with Crippen molar-refractivity contribution in [3.8, 4) is 6.07 Å². The van der Waals surface area contributed by atoms with Crippen molar-refractivity contribution in [2.75, 3.05) is 4.90 Å². The zero-order valence-electron chi connectivity index (χ0n) is 15.5. The van der Waals surface area contributed by atoms with Gasteiger partial charge in [-0.05, 0) is 55.0 Å². The van der Waals surface area contributed by atoms with Gasteiger partial charge in [0.1, 0.15) is 0 Å². The molecule has 0 unspecified atom stereocenters. The van der Waals surface area contributed by atoms with Crippen molar-refractivity contribution in [1.29, 1.82) is 5.26 Å². The molecule has 0 fully saturated rings. The molecule has 0 aliphatic rings. The van der Waals surface area contributed by atoms with E-state index in [2.05, 4.69) is 11.1 Å². The van der Waals surface area contributed by atoms with Crippen LogP contribution in [0.25, 0.3) is 10.2 Å². The van der Waals surface area contributed by atoms with E-state index >= 15 is 0 Å². The Kier molecular flexibility index (Phi) is 5.26. The Morgan fingerprint density at radius 3 is 2.62 bits per heavy atom. The third kappa shape index (κ3) is 3.83. The van der Waals surface area contributed by atoms with Crippen molar-refractivity contribution in [2.45, 2.75) is 13.5 Å². The zero-order valence-corrected chi connectivity index (χ0v) is 17.0. The normalized spacial score (nSPS) is 10.7. The van der Waals surface area contributed by atoms with Gasteiger partial charge in [-0.25, -0.2) is 4.98 Å². The number of hydrogen-bond donors (Lipinski definition) is 0. The van der Waals surface area contributed by atoms with Crippen LogP contribution in [0.2, 0.25) is 5.02 Å². The topological polar surface area (TPSA) is 69.9 Å². The number of amides is 1. The molecule has 29 heavy (non-hydrogen) atoms. The second-order valence-electron chi connectivity index (χ2n) is 6.44. The fraction of sp³-hybridized carbons (Fsp3) is 0.0909. The minimum Gasteiger partial charge on any atom is -0.278 e. The van der Waals surface area contributed by atoms with E-state index in [1.807, 2.05) is 37.3 Å². The second kappa shape index (κ2) is 8.00. The molecule has 4 aromatic rings. The van der Waals surface area contributed by atoms with Crippen LogP contribution in [0, 0.1) is 18.3 Å². The average molecular weight is 419 g/mol. The van der Waals surface area contributed by atoms with Gasteiger partial charge < -0.3 is 0 Å². The van der Waals surface area contributed by atoms with Gasteiger partial charge in [-0.15, -0.1) is 0 Å². The van der Waals surface area contributed by atoms with Crippen molar-refractivity contribution in [2.24, 2.45) is 0 Å². The first-order valence-electron chi connectivity index (χ1n) is 8.84. The SMILES string of the molecule is Cc1ccc(Cl)c2sc(N(Cc3ccccn3)C(=O)c3ccc(C#N)cc3)nc12. The zero-order chi connectivity index (χ0) is 20.4. The van der Waals surface area contributed by atoms with Crippen molar-refractivity contribution < 1.29 is 4.79 Å². The molecule has 0 aliphatic heterocycles. The van der Waals surface area contributed by atoms with Gasteiger partial charge in [-0.3, -0.25) is 14.7 Å². The third-order valence-electron chi connectivity index (χ3n) is 4.47. The molecule has 0 spiro atoms. The van der Waals surface area contributed by atoms with E-state index in [1.54, 1.807) is 35.4 Å². The van der Waals surface area contributed by atoms with Crippen LogP contribution in [0.5, 0.6) is 0 Å². The fourth-order valence-corrected chi connectivity index (χ4v) is 4.24. The lowest BCUT2D eigenvalue weighted by Gasteiger charge is -2.19. The van der Waals surface area contributed by atoms with Gasteiger partial charge in [0.2, 0.25) is 0 Å². The number of carbonyl (C=O) groups excluding carboxylic acids is 1. The summed E-state index contributed by atoms with van der Waals surface area (Å²) in [5.41, 5.74) is 3.51. The molecule has 0 radical (unpaired) electrons. The summed E-state index contributed by atoms with van der Waals surface area (Å²) in [5, 5.41) is 10.2. The number of nitriles is 1. The van der Waals surface area contributed by atoms with Crippen LogP contribution in [0.3, 0.4) is 0 Å². The van der Waals surface area contributed by atoms with E-state index in [9.17, 15) is 4.79 Å². The third-order valence-corrected chi connectivity index (χ3v) is 6.01. The van der Waals surface area contributed by atoms with E-state index in [4.69, 9.17) is 21.8 Å². The van der Waals surface area contributed by atoms with Crippen molar-refractivity contribution >= 4 is 44.2 Å². The predicted molar refractivity (Wildman–Crippen MR) is 115 cm³/mol. The Hall–Kier alpha value is -3.27. The highest BCUT2D eigenvalue weighted by molar-refractivity contribution is 7.23. The summed E-state index contributed by atoms with van der Waals surface area (Å²) in [7, 11) is 0. The van der Waals surface area contributed by atoms with Gasteiger partial charge in [0.15, 0.2) is 5.13 Å². The molecule has 5 nitrogen and oxygen atoms in total. The molecule has 0 N–H and O–H groups in total. The summed E-state index contributed by atoms with van der Waals surface area (Å²) in [6, 6.07) is 18.0. The van der Waals surface area contributed by atoms with E-state index < -0.39 is 0 Å². The molecule has 1 amide bonds. The molecule has 7 heteroatoms. The maximum Gasteiger partial charge on any atom is 0.260 e. The molecule has 4 rings (SSSR count). The molecule has 0 aliphatic carbocycles. The number of pyridine rings is 1. The Morgan fingerprint density at radius 1 is 1.17 bits per heavy atom. The van der Waals surface area contributed by atoms with Crippen molar-refractivity contribution in [3.05, 3.63) is 88.2 Å². The molecular formula is C22H15ClN4OS. The molecule has 142 valence electrons. The number of fused-ring (bicyclic) bond motifs is 1. The highest BCUT2D eigenvalue weighted by Gasteiger charge is 2.23. The summed E-state index contributed by atoms with van der Waals surface area (Å²) >= 11 is 7.74. The van der Waals surface area contributed by atoms with Crippen LogP contribution in [-0.2, 0) is 6.54 Å². The number of halogens is 1. The van der Waals surface area contributed by atoms with Crippen LogP contribution in [0.4, 0.5) is 5.13 Å². The highest BCUT2D eigenvalue weighted by atomic mass is 35.5. The maximum atomic E-state index is 13.3. The molecule has 0 saturated carbocycles. The molecule has 2 aromatic heterocycles. The first-order valence-corrected chi connectivity index (χ1v) is 10.0. The van der Waals surface area contributed by atoms with Gasteiger partial charge in [0, 0.05) is 11.8 Å². The Bertz CT molecular complexity index is 1190. The minimum absolute atomic E-state index is 0.215. The van der Waals surface area contributed by atoms with Gasteiger partial charge in [-0.2, -0.15) is 5.26 Å². The van der Waals surface area contributed by atoms with Crippen LogP contribution < -0.4 is 4.90 Å². The summed E-state index contributed by atoms with van der Waals surface area (Å²) < 4.78 is 0.848. The lowest BCUT2D eigenvalue weighted by atomic mass is 10.1. The number of rotatable bonds is 4. The Morgan fingerprint density at radius 2 is 1.97 bits per heavy atom. The summed E-state index contributed by atoms with van der Waals surface area (Å²) in [5.74, 6) is -0.215. The highest BCUT2D eigenvalue weighted by Crippen LogP contribution is 2.36. The molecule has 2 aromatic carbocycles. The summed E-state index contributed by atoms with van der Waals surface area (Å²) in [6.45, 7) is 2.24. The lowest BCUT2D eigenvalue weighted by Crippen LogP contribution is -2.30. The van der Waals surface area contributed by atoms with Crippen LogP contribution in [0.15, 0.2) is 60.8 Å². The molecule has 2 heterocycles. The fourth-order valence-electron chi connectivity index (χ4n) is 2.93. The van der Waals surface area contributed by atoms with Gasteiger partial charge >= 0.3 is 0 Å². The first-order chi connectivity index (χ1) is 14.1. The summed E-state index contributed by atoms with van der Waals surface area (Å²) in [6.07, 6.45) is 1.69. The quantitative estimate of drug-likeness (QED) is 0.446. The standard InChI is InChI=1S/C22H15ClN4OS/c1-14-5-10-18(23)20-19(14)26-22(29-20)27(13-17-4-2-3-11-25-17)21(28)16-8-6-15(12-24)7-9-16/h2-11H,13H2,1H3. The second-order valence-corrected chi connectivity index (χ2v) is 7.82. The molecular weight excluding hydrogens is 404 g/mol. The monoisotopic (exact) mass is 418 g/mol. The van der Waals surface area contributed by atoms with E-state index in [0.717, 1.165) is 21.5 Å². The van der Waals surface area contributed by atoms with Crippen LogP contribution in [0.1, 0.15) is 27.2 Å². The Balaban J connectivity index is 1.80. The predicted octanol–water partition coefficient (Wildman–Crippen LogP) is 5.37. The average Bonchev–Trinajstić information content (AvgIpc) is 3.21. The number of aryl methyl sites for hydroxylation is 1. The number of hydrogen-bond acceptors (Lipinski definition) is 5. The van der Waals surface area contributed by atoms with Crippen molar-refractivity contribution in [3.63, 3.8) is 0 Å².